The zero-order valence-corrected chi connectivity index (χ0v) is 16.4. The van der Waals surface area contributed by atoms with Crippen LogP contribution in [0, 0.1) is 5.21 Å². The molecule has 0 radical (unpaired) electrons. The number of rotatable bonds is 10. The first-order valence-corrected chi connectivity index (χ1v) is 15.9. The van der Waals surface area contributed by atoms with Gasteiger partial charge in [0.05, 0.1) is 0 Å². The predicted octanol–water partition coefficient (Wildman–Crippen LogP) is 4.38. The number of unbranched alkanes of at least 4 members (excludes halogenated alkanes) is 3. The van der Waals surface area contributed by atoms with E-state index in [0.29, 0.717) is 0 Å². The number of pyridine rings is 1. The molecule has 0 fully saturated rings. The second-order valence-electron chi connectivity index (χ2n) is 6.00. The van der Waals surface area contributed by atoms with E-state index in [1.165, 1.54) is 60.3 Å². The van der Waals surface area contributed by atoms with Crippen molar-refractivity contribution >= 4 is 22.1 Å². The van der Waals surface area contributed by atoms with Gasteiger partial charge in [0.15, 0.2) is 0 Å². The van der Waals surface area contributed by atoms with Gasteiger partial charge in [-0.1, -0.05) is 0 Å². The average Bonchev–Trinajstić information content (AvgIpc) is 2.48. The molecule has 0 aromatic carbocycles. The van der Waals surface area contributed by atoms with Crippen molar-refractivity contribution in [2.24, 2.45) is 0 Å². The molecule has 0 saturated carbocycles. The summed E-state index contributed by atoms with van der Waals surface area (Å²) in [5.74, 6) is 0. The number of hydrogen-bond donors (Lipinski definition) is 0. The van der Waals surface area contributed by atoms with Crippen molar-refractivity contribution in [2.75, 3.05) is 0 Å². The molecule has 0 atom stereocenters. The van der Waals surface area contributed by atoms with Gasteiger partial charge in [0.1, 0.15) is 0 Å². The van der Waals surface area contributed by atoms with E-state index >= 15 is 0 Å². The molecule has 0 spiro atoms. The molecule has 0 aliphatic rings. The molecule has 0 saturated heterocycles. The van der Waals surface area contributed by atoms with Gasteiger partial charge in [-0.15, -0.1) is 0 Å². The monoisotopic (exact) mass is 385 g/mol. The van der Waals surface area contributed by atoms with Gasteiger partial charge < -0.3 is 0 Å². The summed E-state index contributed by atoms with van der Waals surface area (Å²) in [5, 5.41) is 12.3. The van der Waals surface area contributed by atoms with Crippen LogP contribution < -0.4 is 8.44 Å². The third kappa shape index (κ3) is 4.94. The van der Waals surface area contributed by atoms with Crippen molar-refractivity contribution in [1.82, 2.24) is 0 Å². The zero-order valence-electron chi connectivity index (χ0n) is 13.5. The molecule has 2 nitrogen and oxygen atoms in total. The summed E-state index contributed by atoms with van der Waals surface area (Å²) in [6.07, 6.45) is 9.38. The van der Waals surface area contributed by atoms with Crippen LogP contribution in [0.5, 0.6) is 0 Å². The molecule has 0 aliphatic carbocycles. The molecule has 1 heterocycles. The minimum absolute atomic E-state index is 1.21. The zero-order chi connectivity index (χ0) is 14.8. The van der Waals surface area contributed by atoms with Crippen LogP contribution >= 0.6 is 0 Å². The SMILES string of the molecule is CCC[CH2][Sn]([CH2]CCC)([CH2]CCC)[c]1cccc[n+]1[O-]. The van der Waals surface area contributed by atoms with Gasteiger partial charge in [-0.25, -0.2) is 0 Å². The Kier molecular flexibility index (Phi) is 8.58. The molecule has 1 aromatic rings. The Morgan fingerprint density at radius 3 is 1.80 bits per heavy atom. The number of aromatic nitrogens is 1. The van der Waals surface area contributed by atoms with Crippen molar-refractivity contribution < 1.29 is 4.73 Å². The van der Waals surface area contributed by atoms with E-state index in [9.17, 15) is 5.21 Å². The summed E-state index contributed by atoms with van der Waals surface area (Å²) in [5.41, 5.74) is 0. The standard InChI is InChI=1S/C5H4NO.3C4H9.Sn/c7-6-4-2-1-3-5-6;3*1-3-4-2;/h1-4H;3*1,3-4H2,2H3;. The summed E-state index contributed by atoms with van der Waals surface area (Å²) in [7, 11) is 0. The Balaban J connectivity index is 3.08. The van der Waals surface area contributed by atoms with Gasteiger partial charge in [0, 0.05) is 0 Å². The van der Waals surface area contributed by atoms with Crippen molar-refractivity contribution in [3.05, 3.63) is 29.6 Å². The topological polar surface area (TPSA) is 26.9 Å². The fraction of sp³-hybridized carbons (Fsp3) is 0.706. The van der Waals surface area contributed by atoms with Gasteiger partial charge in [0.2, 0.25) is 0 Å². The average molecular weight is 384 g/mol. The quantitative estimate of drug-likeness (QED) is 0.334. The van der Waals surface area contributed by atoms with E-state index < -0.39 is 18.4 Å². The molecule has 114 valence electrons. The Labute approximate surface area is 129 Å². The van der Waals surface area contributed by atoms with E-state index in [2.05, 4.69) is 32.9 Å². The molecule has 0 amide bonds. The summed E-state index contributed by atoms with van der Waals surface area (Å²) < 4.78 is 6.49. The fourth-order valence-corrected chi connectivity index (χ4v) is 19.1. The summed E-state index contributed by atoms with van der Waals surface area (Å²) >= 11 is -2.51. The molecule has 0 aliphatic heterocycles. The van der Waals surface area contributed by atoms with Crippen LogP contribution in [0.2, 0.25) is 13.3 Å². The summed E-state index contributed by atoms with van der Waals surface area (Å²) in [6.45, 7) is 6.81. The normalized spacial score (nSPS) is 11.8. The predicted molar refractivity (Wildman–Crippen MR) is 89.9 cm³/mol. The Hall–Kier alpha value is -0.251. The van der Waals surface area contributed by atoms with Crippen LogP contribution in [0.1, 0.15) is 59.3 Å². The van der Waals surface area contributed by atoms with Crippen LogP contribution in [0.4, 0.5) is 0 Å². The Morgan fingerprint density at radius 1 is 0.900 bits per heavy atom. The van der Waals surface area contributed by atoms with Gasteiger partial charge in [-0.05, 0) is 0 Å². The third-order valence-corrected chi connectivity index (χ3v) is 19.8. The molecule has 1 rings (SSSR count). The van der Waals surface area contributed by atoms with Crippen molar-refractivity contribution in [2.45, 2.75) is 72.6 Å². The van der Waals surface area contributed by atoms with Crippen LogP contribution in [0.3, 0.4) is 0 Å². The molecular formula is C17H31NOSn. The van der Waals surface area contributed by atoms with E-state index in [1.54, 1.807) is 6.20 Å². The molecular weight excluding hydrogens is 353 g/mol. The molecule has 1 aromatic heterocycles. The second kappa shape index (κ2) is 9.64. The van der Waals surface area contributed by atoms with Gasteiger partial charge in [-0.2, -0.15) is 0 Å². The van der Waals surface area contributed by atoms with Crippen molar-refractivity contribution in [3.63, 3.8) is 0 Å². The molecule has 3 heteroatoms. The molecule has 0 N–H and O–H groups in total. The summed E-state index contributed by atoms with van der Waals surface area (Å²) in [4.78, 5) is 0. The Bertz CT molecular complexity index is 359. The van der Waals surface area contributed by atoms with Crippen molar-refractivity contribution in [1.29, 1.82) is 0 Å². The van der Waals surface area contributed by atoms with E-state index in [-0.39, 0.29) is 0 Å². The van der Waals surface area contributed by atoms with E-state index in [1.807, 2.05) is 6.07 Å². The van der Waals surface area contributed by atoms with Gasteiger partial charge in [0.25, 0.3) is 0 Å². The fourth-order valence-electron chi connectivity index (χ4n) is 3.14. The van der Waals surface area contributed by atoms with Gasteiger partial charge >= 0.3 is 129 Å². The molecule has 0 bridgehead atoms. The maximum absolute atomic E-state index is 12.3. The maximum atomic E-state index is 12.3. The van der Waals surface area contributed by atoms with Crippen LogP contribution in [0.25, 0.3) is 0 Å². The molecule has 20 heavy (non-hydrogen) atoms. The first-order valence-electron chi connectivity index (χ1n) is 8.39. The summed E-state index contributed by atoms with van der Waals surface area (Å²) in [6, 6.07) is 6.08. The van der Waals surface area contributed by atoms with Crippen molar-refractivity contribution in [3.8, 4) is 0 Å². The number of nitrogens with zero attached hydrogens (tertiary/aromatic N) is 1. The molecule has 0 unspecified atom stereocenters. The Morgan fingerprint density at radius 2 is 1.40 bits per heavy atom. The van der Waals surface area contributed by atoms with E-state index in [0.717, 1.165) is 0 Å². The number of hydrogen-bond acceptors (Lipinski definition) is 1. The minimum atomic E-state index is -2.51. The first-order chi connectivity index (χ1) is 9.70. The van der Waals surface area contributed by atoms with Crippen LogP contribution in [0.15, 0.2) is 24.4 Å². The van der Waals surface area contributed by atoms with Crippen LogP contribution in [-0.2, 0) is 0 Å². The first kappa shape index (κ1) is 17.8. The third-order valence-electron chi connectivity index (χ3n) is 4.39. The van der Waals surface area contributed by atoms with Crippen LogP contribution in [-0.4, -0.2) is 18.4 Å². The van der Waals surface area contributed by atoms with Gasteiger partial charge in [-0.3, -0.25) is 0 Å². The second-order valence-corrected chi connectivity index (χ2v) is 19.1. The van der Waals surface area contributed by atoms with E-state index in [4.69, 9.17) is 0 Å².